The van der Waals surface area contributed by atoms with Gasteiger partial charge in [-0.3, -0.25) is 30.2 Å². The molecule has 4 aromatic rings. The maximum atomic E-state index is 14.8. The standard InChI is InChI=1S/2C20H19F4N3O.2ClH/c2*1-27-9-7-19(18(27)28)11-15(21)17(26-19)16-10-13(6-8-25-16)12-2-4-14(5-3-12)20(22,23)24;;/h2*2-6,8,10,15,17,26H,7,9,11H2,1H3;2*1H/t15-,17+,19+;15-,17-,19-;;/m01../s1. The Morgan fingerprint density at radius 1 is 0.586 bits per heavy atom. The molecule has 0 aliphatic carbocycles. The summed E-state index contributed by atoms with van der Waals surface area (Å²) in [6.45, 7) is 1.15. The Hall–Kier alpha value is -4.38. The molecule has 6 atom stereocenters. The number of alkyl halides is 8. The molecule has 4 aliphatic rings. The number of likely N-dealkylation sites (N-methyl/N-ethyl adjacent to an activating group) is 2. The Kier molecular flexibility index (Phi) is 12.9. The lowest BCUT2D eigenvalue weighted by Gasteiger charge is -2.22. The molecule has 58 heavy (non-hydrogen) atoms. The van der Waals surface area contributed by atoms with Crippen molar-refractivity contribution >= 4 is 36.6 Å². The number of pyridine rings is 2. The zero-order valence-corrected chi connectivity index (χ0v) is 32.7. The van der Waals surface area contributed by atoms with E-state index in [4.69, 9.17) is 0 Å². The fourth-order valence-corrected chi connectivity index (χ4v) is 8.12. The summed E-state index contributed by atoms with van der Waals surface area (Å²) in [5.74, 6) is -0.229. The van der Waals surface area contributed by atoms with Crippen molar-refractivity contribution in [1.82, 2.24) is 30.4 Å². The SMILES string of the molecule is CN1CC[C@@]2(C[C@@H](F)[C@H](c3cc(-c4ccc(C(F)(F)F)cc4)ccn3)N2)C1=O.CN1CC[C@@]2(C[C@H](F)[C@H](c3cc(-c4ccc(C(F)(F)F)cc4)ccn3)N2)C1=O.Cl.Cl. The summed E-state index contributed by atoms with van der Waals surface area (Å²) in [6.07, 6.45) is -7.07. The molecule has 6 heterocycles. The van der Waals surface area contributed by atoms with E-state index in [0.717, 1.165) is 24.3 Å². The summed E-state index contributed by atoms with van der Waals surface area (Å²) < 4.78 is 106. The highest BCUT2D eigenvalue weighted by Crippen LogP contribution is 2.43. The highest BCUT2D eigenvalue weighted by Gasteiger charge is 2.56. The van der Waals surface area contributed by atoms with E-state index < -0.39 is 59.0 Å². The van der Waals surface area contributed by atoms with Crippen molar-refractivity contribution in [2.24, 2.45) is 0 Å². The minimum Gasteiger partial charge on any atom is -0.344 e. The Morgan fingerprint density at radius 3 is 1.22 bits per heavy atom. The first-order chi connectivity index (χ1) is 26.4. The van der Waals surface area contributed by atoms with Gasteiger partial charge in [0, 0.05) is 52.4 Å². The summed E-state index contributed by atoms with van der Waals surface area (Å²) in [7, 11) is 3.39. The number of likely N-dealkylation sites (tertiary alicyclic amines) is 2. The number of carbonyl (C=O) groups excluding carboxylic acids is 2. The van der Waals surface area contributed by atoms with Crippen molar-refractivity contribution in [3.63, 3.8) is 0 Å². The third-order valence-corrected chi connectivity index (χ3v) is 11.2. The normalized spacial score (nSPS) is 26.8. The first kappa shape index (κ1) is 44.7. The molecular weight excluding hydrogens is 819 g/mol. The van der Waals surface area contributed by atoms with Crippen molar-refractivity contribution in [2.75, 3.05) is 27.2 Å². The fourth-order valence-electron chi connectivity index (χ4n) is 8.12. The Balaban J connectivity index is 0.000000214. The maximum Gasteiger partial charge on any atom is 0.416 e. The van der Waals surface area contributed by atoms with Gasteiger partial charge < -0.3 is 9.80 Å². The van der Waals surface area contributed by atoms with Crippen LogP contribution in [-0.4, -0.2) is 82.2 Å². The molecule has 2 aromatic heterocycles. The fraction of sp³-hybridized carbons (Fsp3) is 0.400. The van der Waals surface area contributed by atoms with Gasteiger partial charge in [0.1, 0.15) is 23.4 Å². The molecule has 8 nitrogen and oxygen atoms in total. The number of carbonyl (C=O) groups is 2. The largest absolute Gasteiger partial charge is 0.416 e. The number of aromatic nitrogens is 2. The highest BCUT2D eigenvalue weighted by atomic mass is 35.5. The molecule has 0 saturated carbocycles. The lowest BCUT2D eigenvalue weighted by molar-refractivity contribution is -0.138. The predicted molar refractivity (Wildman–Crippen MR) is 205 cm³/mol. The summed E-state index contributed by atoms with van der Waals surface area (Å²) in [4.78, 5) is 36.5. The van der Waals surface area contributed by atoms with Gasteiger partial charge in [-0.25, -0.2) is 8.78 Å². The first-order valence-electron chi connectivity index (χ1n) is 18.0. The van der Waals surface area contributed by atoms with Crippen LogP contribution in [0.3, 0.4) is 0 Å². The van der Waals surface area contributed by atoms with Crippen LogP contribution >= 0.6 is 24.8 Å². The molecule has 4 fully saturated rings. The van der Waals surface area contributed by atoms with Crippen molar-refractivity contribution in [2.45, 2.75) is 73.5 Å². The maximum absolute atomic E-state index is 14.8. The van der Waals surface area contributed by atoms with Crippen molar-refractivity contribution < 1.29 is 44.7 Å². The van der Waals surface area contributed by atoms with Crippen LogP contribution in [0.2, 0.25) is 0 Å². The average molecular weight is 860 g/mol. The zero-order chi connectivity index (χ0) is 40.2. The van der Waals surface area contributed by atoms with Gasteiger partial charge in [0.15, 0.2) is 0 Å². The van der Waals surface area contributed by atoms with Crippen LogP contribution in [0.4, 0.5) is 35.1 Å². The number of nitrogens with one attached hydrogen (secondary N) is 2. The molecule has 312 valence electrons. The van der Waals surface area contributed by atoms with Gasteiger partial charge >= 0.3 is 12.4 Å². The smallest absolute Gasteiger partial charge is 0.344 e. The van der Waals surface area contributed by atoms with Crippen molar-refractivity contribution in [3.05, 3.63) is 108 Å². The zero-order valence-electron chi connectivity index (χ0n) is 31.1. The second-order valence-corrected chi connectivity index (χ2v) is 14.9. The van der Waals surface area contributed by atoms with E-state index in [1.54, 1.807) is 48.2 Å². The first-order valence-corrected chi connectivity index (χ1v) is 18.0. The van der Waals surface area contributed by atoms with Gasteiger partial charge in [-0.15, -0.1) is 24.8 Å². The lowest BCUT2D eigenvalue weighted by Crippen LogP contribution is -2.47. The molecular formula is C40H40Cl2F8N6O2. The number of amides is 2. The highest BCUT2D eigenvalue weighted by molar-refractivity contribution is 5.89. The molecule has 2 amide bonds. The van der Waals surface area contributed by atoms with E-state index in [0.29, 0.717) is 59.6 Å². The Morgan fingerprint density at radius 2 is 0.931 bits per heavy atom. The average Bonchev–Trinajstić information content (AvgIpc) is 3.88. The second-order valence-electron chi connectivity index (χ2n) is 14.9. The monoisotopic (exact) mass is 858 g/mol. The van der Waals surface area contributed by atoms with Gasteiger partial charge in [0.05, 0.1) is 34.6 Å². The molecule has 0 unspecified atom stereocenters. The van der Waals surface area contributed by atoms with Crippen LogP contribution in [0, 0.1) is 0 Å². The predicted octanol–water partition coefficient (Wildman–Crippen LogP) is 8.33. The summed E-state index contributed by atoms with van der Waals surface area (Å²) in [5, 5.41) is 6.29. The molecule has 2 N–H and O–H groups in total. The Labute approximate surface area is 341 Å². The quantitative estimate of drug-likeness (QED) is 0.201. The van der Waals surface area contributed by atoms with Crippen molar-refractivity contribution in [3.8, 4) is 22.3 Å². The van der Waals surface area contributed by atoms with Crippen LogP contribution in [-0.2, 0) is 21.9 Å². The molecule has 0 bridgehead atoms. The van der Waals surface area contributed by atoms with E-state index >= 15 is 0 Å². The second kappa shape index (κ2) is 16.7. The summed E-state index contributed by atoms with van der Waals surface area (Å²) in [6, 6.07) is 14.8. The number of benzene rings is 2. The van der Waals surface area contributed by atoms with Crippen LogP contribution in [0.15, 0.2) is 85.2 Å². The number of nitrogens with zero attached hydrogens (tertiary/aromatic N) is 4. The Bertz CT molecular complexity index is 1960. The summed E-state index contributed by atoms with van der Waals surface area (Å²) in [5.41, 5.74) is 0.0684. The topological polar surface area (TPSA) is 90.5 Å². The molecule has 18 heteroatoms. The minimum absolute atomic E-state index is 0. The number of rotatable bonds is 4. The van der Waals surface area contributed by atoms with Gasteiger partial charge in [0.2, 0.25) is 11.8 Å². The van der Waals surface area contributed by atoms with Gasteiger partial charge in [0.25, 0.3) is 0 Å². The van der Waals surface area contributed by atoms with E-state index in [-0.39, 0.29) is 49.5 Å². The molecule has 8 rings (SSSR count). The molecule has 4 aliphatic heterocycles. The van der Waals surface area contributed by atoms with Crippen LogP contribution in [0.5, 0.6) is 0 Å². The van der Waals surface area contributed by atoms with Gasteiger partial charge in [-0.05, 0) is 83.6 Å². The van der Waals surface area contributed by atoms with Crippen LogP contribution in [0.1, 0.15) is 60.3 Å². The van der Waals surface area contributed by atoms with E-state index in [1.165, 1.54) is 36.7 Å². The number of halogens is 10. The van der Waals surface area contributed by atoms with E-state index in [2.05, 4.69) is 20.6 Å². The van der Waals surface area contributed by atoms with E-state index in [1.807, 2.05) is 0 Å². The lowest BCUT2D eigenvalue weighted by atomic mass is 9.95. The molecule has 2 aromatic carbocycles. The van der Waals surface area contributed by atoms with E-state index in [9.17, 15) is 44.7 Å². The third-order valence-electron chi connectivity index (χ3n) is 11.2. The van der Waals surface area contributed by atoms with Crippen LogP contribution < -0.4 is 10.6 Å². The molecule has 2 spiro atoms. The van der Waals surface area contributed by atoms with Gasteiger partial charge in [-0.1, -0.05) is 24.3 Å². The molecule has 0 radical (unpaired) electrons. The van der Waals surface area contributed by atoms with Crippen LogP contribution in [0.25, 0.3) is 22.3 Å². The molecule has 4 saturated heterocycles. The van der Waals surface area contributed by atoms with Gasteiger partial charge in [-0.2, -0.15) is 26.3 Å². The summed E-state index contributed by atoms with van der Waals surface area (Å²) >= 11 is 0. The minimum atomic E-state index is -4.40. The number of hydrogen-bond acceptors (Lipinski definition) is 6. The number of hydrogen-bond donors (Lipinski definition) is 2. The van der Waals surface area contributed by atoms with Crippen molar-refractivity contribution in [1.29, 1.82) is 0 Å². The third kappa shape index (κ3) is 8.66.